The van der Waals surface area contributed by atoms with E-state index in [0.717, 1.165) is 4.88 Å². The first-order valence-electron chi connectivity index (χ1n) is 5.93. The lowest BCUT2D eigenvalue weighted by molar-refractivity contribution is -0.138. The molecule has 1 atom stereocenters. The molecule has 1 N–H and O–H groups in total. The molecule has 1 aromatic carbocycles. The predicted octanol–water partition coefficient (Wildman–Crippen LogP) is 3.48. The van der Waals surface area contributed by atoms with E-state index in [1.165, 1.54) is 11.3 Å². The number of ketones is 1. The molecular weight excluding hydrogens is 260 g/mol. The number of aryl methyl sites for hydroxylation is 1. The lowest BCUT2D eigenvalue weighted by Crippen LogP contribution is -2.08. The van der Waals surface area contributed by atoms with Crippen molar-refractivity contribution in [1.29, 1.82) is 0 Å². The highest BCUT2D eigenvalue weighted by atomic mass is 32.1. The summed E-state index contributed by atoms with van der Waals surface area (Å²) in [6, 6.07) is 10.5. The van der Waals surface area contributed by atoms with Gasteiger partial charge in [0.1, 0.15) is 0 Å². The van der Waals surface area contributed by atoms with E-state index in [0.29, 0.717) is 16.0 Å². The van der Waals surface area contributed by atoms with Crippen molar-refractivity contribution < 1.29 is 14.7 Å². The van der Waals surface area contributed by atoms with Gasteiger partial charge in [0.15, 0.2) is 0 Å². The van der Waals surface area contributed by atoms with Gasteiger partial charge in [0.2, 0.25) is 5.78 Å². The molecule has 0 aliphatic heterocycles. The summed E-state index contributed by atoms with van der Waals surface area (Å²) in [6.45, 7) is 3.56. The fourth-order valence-corrected chi connectivity index (χ4v) is 2.62. The fraction of sp³-hybridized carbons (Fsp3) is 0.200. The second-order valence-electron chi connectivity index (χ2n) is 4.42. The van der Waals surface area contributed by atoms with Crippen LogP contribution in [0.1, 0.15) is 38.5 Å². The molecule has 0 saturated carbocycles. The lowest BCUT2D eigenvalue weighted by Gasteiger charge is -2.07. The second kappa shape index (κ2) is 5.36. The van der Waals surface area contributed by atoms with E-state index in [9.17, 15) is 9.59 Å². The van der Waals surface area contributed by atoms with Crippen LogP contribution in [0.2, 0.25) is 0 Å². The number of benzene rings is 1. The Hall–Kier alpha value is -1.94. The minimum Gasteiger partial charge on any atom is -0.481 e. The molecule has 0 bridgehead atoms. The van der Waals surface area contributed by atoms with Gasteiger partial charge in [0, 0.05) is 10.4 Å². The van der Waals surface area contributed by atoms with Crippen LogP contribution in [0.5, 0.6) is 0 Å². The second-order valence-corrected chi connectivity index (χ2v) is 5.71. The predicted molar refractivity (Wildman–Crippen MR) is 75.0 cm³/mol. The Kier molecular flexibility index (Phi) is 3.81. The van der Waals surface area contributed by atoms with Crippen molar-refractivity contribution in [1.82, 2.24) is 0 Å². The van der Waals surface area contributed by atoms with Gasteiger partial charge >= 0.3 is 5.97 Å². The number of carboxylic acids is 1. The van der Waals surface area contributed by atoms with Crippen LogP contribution in [0.25, 0.3) is 0 Å². The Morgan fingerprint density at radius 2 is 1.95 bits per heavy atom. The molecule has 0 fully saturated rings. The quantitative estimate of drug-likeness (QED) is 0.868. The highest BCUT2D eigenvalue weighted by Gasteiger charge is 2.16. The summed E-state index contributed by atoms with van der Waals surface area (Å²) >= 11 is 1.45. The first-order chi connectivity index (χ1) is 8.99. The number of rotatable bonds is 4. The van der Waals surface area contributed by atoms with E-state index in [2.05, 4.69) is 0 Å². The fourth-order valence-electron chi connectivity index (χ4n) is 1.79. The number of carbonyl (C=O) groups excluding carboxylic acids is 1. The van der Waals surface area contributed by atoms with Crippen molar-refractivity contribution >= 4 is 23.1 Å². The molecule has 3 nitrogen and oxygen atoms in total. The molecule has 0 amide bonds. The van der Waals surface area contributed by atoms with E-state index in [1.54, 1.807) is 37.3 Å². The highest BCUT2D eigenvalue weighted by Crippen LogP contribution is 2.22. The number of hydrogen-bond acceptors (Lipinski definition) is 3. The van der Waals surface area contributed by atoms with E-state index in [1.807, 2.05) is 13.0 Å². The topological polar surface area (TPSA) is 54.4 Å². The molecule has 0 unspecified atom stereocenters. The average Bonchev–Trinajstić information content (AvgIpc) is 2.83. The van der Waals surface area contributed by atoms with Gasteiger partial charge < -0.3 is 5.11 Å². The van der Waals surface area contributed by atoms with Crippen LogP contribution in [-0.2, 0) is 4.79 Å². The van der Waals surface area contributed by atoms with Gasteiger partial charge in [-0.05, 0) is 37.6 Å². The molecule has 98 valence electrons. The van der Waals surface area contributed by atoms with Crippen molar-refractivity contribution in [2.45, 2.75) is 19.8 Å². The Labute approximate surface area is 115 Å². The van der Waals surface area contributed by atoms with Crippen LogP contribution < -0.4 is 0 Å². The third-order valence-corrected chi connectivity index (χ3v) is 3.98. The van der Waals surface area contributed by atoms with E-state index < -0.39 is 11.9 Å². The minimum atomic E-state index is -0.892. The van der Waals surface area contributed by atoms with E-state index in [-0.39, 0.29) is 5.78 Å². The van der Waals surface area contributed by atoms with Crippen molar-refractivity contribution in [3.05, 3.63) is 57.3 Å². The number of thiophene rings is 1. The average molecular weight is 274 g/mol. The first kappa shape index (κ1) is 13.5. The molecule has 0 spiro atoms. The molecule has 1 heterocycles. The largest absolute Gasteiger partial charge is 0.481 e. The number of carboxylic acid groups (broad SMARTS) is 1. The monoisotopic (exact) mass is 274 g/mol. The molecule has 0 aliphatic carbocycles. The molecule has 0 radical (unpaired) electrons. The zero-order chi connectivity index (χ0) is 14.0. The SMILES string of the molecule is Cc1ccc(C(=O)c2cccc([C@H](C)C(=O)O)c2)s1. The Morgan fingerprint density at radius 1 is 1.21 bits per heavy atom. The van der Waals surface area contributed by atoms with Crippen LogP contribution in [0.15, 0.2) is 36.4 Å². The van der Waals surface area contributed by atoms with Crippen LogP contribution in [0.3, 0.4) is 0 Å². The third-order valence-electron chi connectivity index (χ3n) is 2.98. The molecule has 19 heavy (non-hydrogen) atoms. The Morgan fingerprint density at radius 3 is 2.53 bits per heavy atom. The van der Waals surface area contributed by atoms with Crippen molar-refractivity contribution in [2.24, 2.45) is 0 Å². The molecule has 2 rings (SSSR count). The molecule has 0 aliphatic rings. The zero-order valence-corrected chi connectivity index (χ0v) is 11.5. The van der Waals surface area contributed by atoms with Gasteiger partial charge in [-0.3, -0.25) is 9.59 Å². The summed E-state index contributed by atoms with van der Waals surface area (Å²) in [4.78, 5) is 25.0. The van der Waals surface area contributed by atoms with Gasteiger partial charge in [-0.1, -0.05) is 18.2 Å². The zero-order valence-electron chi connectivity index (χ0n) is 10.7. The molecular formula is C15H14O3S. The third kappa shape index (κ3) is 2.90. The number of carbonyl (C=O) groups is 2. The van der Waals surface area contributed by atoms with Crippen LogP contribution in [0, 0.1) is 6.92 Å². The van der Waals surface area contributed by atoms with E-state index >= 15 is 0 Å². The van der Waals surface area contributed by atoms with Crippen LogP contribution >= 0.6 is 11.3 Å². The Bertz CT molecular complexity index is 628. The van der Waals surface area contributed by atoms with Gasteiger partial charge in [0.25, 0.3) is 0 Å². The maximum Gasteiger partial charge on any atom is 0.310 e. The van der Waals surface area contributed by atoms with Gasteiger partial charge in [-0.15, -0.1) is 11.3 Å². The van der Waals surface area contributed by atoms with Gasteiger partial charge in [-0.2, -0.15) is 0 Å². The summed E-state index contributed by atoms with van der Waals surface area (Å²) in [6.07, 6.45) is 0. The van der Waals surface area contributed by atoms with Gasteiger partial charge in [0.05, 0.1) is 10.8 Å². The lowest BCUT2D eigenvalue weighted by atomic mass is 9.97. The van der Waals surface area contributed by atoms with Crippen molar-refractivity contribution in [3.63, 3.8) is 0 Å². The first-order valence-corrected chi connectivity index (χ1v) is 6.74. The maximum atomic E-state index is 12.3. The normalized spacial score (nSPS) is 12.1. The van der Waals surface area contributed by atoms with Gasteiger partial charge in [-0.25, -0.2) is 0 Å². The van der Waals surface area contributed by atoms with Crippen molar-refractivity contribution in [2.75, 3.05) is 0 Å². The van der Waals surface area contributed by atoms with Crippen molar-refractivity contribution in [3.8, 4) is 0 Å². The molecule has 0 saturated heterocycles. The summed E-state index contributed by atoms with van der Waals surface area (Å²) in [5.74, 6) is -1.56. The van der Waals surface area contributed by atoms with E-state index in [4.69, 9.17) is 5.11 Å². The molecule has 4 heteroatoms. The smallest absolute Gasteiger partial charge is 0.310 e. The Balaban J connectivity index is 2.33. The molecule has 1 aromatic heterocycles. The summed E-state index contributed by atoms with van der Waals surface area (Å²) in [5.41, 5.74) is 1.18. The summed E-state index contributed by atoms with van der Waals surface area (Å²) in [5, 5.41) is 9.00. The maximum absolute atomic E-state index is 12.3. The summed E-state index contributed by atoms with van der Waals surface area (Å²) in [7, 11) is 0. The number of hydrogen-bond donors (Lipinski definition) is 1. The standard InChI is InChI=1S/C15H14O3S/c1-9-6-7-13(19-9)14(16)12-5-3-4-11(8-12)10(2)15(17)18/h3-8,10H,1-2H3,(H,17,18)/t10-/m0/s1. The molecule has 2 aromatic rings. The highest BCUT2D eigenvalue weighted by molar-refractivity contribution is 7.14. The summed E-state index contributed by atoms with van der Waals surface area (Å²) < 4.78 is 0. The minimum absolute atomic E-state index is 0.0578. The van der Waals surface area contributed by atoms with Crippen LogP contribution in [-0.4, -0.2) is 16.9 Å². The van der Waals surface area contributed by atoms with Crippen LogP contribution in [0.4, 0.5) is 0 Å². The number of aliphatic carboxylic acids is 1.